The molecule has 2 amide bonds. The molecule has 2 fully saturated rings. The Balaban J connectivity index is 1.44. The van der Waals surface area contributed by atoms with Crippen molar-refractivity contribution in [2.45, 2.75) is 40.0 Å². The molecule has 2 aliphatic heterocycles. The van der Waals surface area contributed by atoms with Gasteiger partial charge in [-0.1, -0.05) is 38.4 Å². The average molecular weight is 420 g/mol. The van der Waals surface area contributed by atoms with Gasteiger partial charge in [-0.15, -0.1) is 0 Å². The van der Waals surface area contributed by atoms with Gasteiger partial charge in [-0.3, -0.25) is 9.59 Å². The first-order valence-electron chi connectivity index (χ1n) is 10.9. The van der Waals surface area contributed by atoms with Crippen molar-refractivity contribution >= 4 is 29.1 Å². The van der Waals surface area contributed by atoms with Crippen molar-refractivity contribution in [2.75, 3.05) is 44.2 Å². The molecule has 6 heteroatoms. The number of hydrogen-bond donors (Lipinski definition) is 0. The smallest absolute Gasteiger partial charge is 0.222 e. The minimum absolute atomic E-state index is 0.0773. The molecule has 0 aliphatic carbocycles. The normalized spacial score (nSPS) is 23.8. The van der Waals surface area contributed by atoms with Crippen LogP contribution in [0, 0.1) is 17.8 Å². The van der Waals surface area contributed by atoms with Crippen LogP contribution in [-0.4, -0.2) is 60.9 Å². The standard InChI is InChI=1S/C23H34ClN3O2/c1-17(13-23(29)27-15-18(2)11-19(3)16-27)12-22(28)26-9-7-25(8-10-26)21-6-4-5-20(24)14-21/h4-6,14,17-19H,7-13,15-16H2,1-3H3/t17-,18-,19+/m0/s1. The summed E-state index contributed by atoms with van der Waals surface area (Å²) >= 11 is 6.09. The summed E-state index contributed by atoms with van der Waals surface area (Å²) in [5.41, 5.74) is 1.11. The molecular formula is C23H34ClN3O2. The number of piperazine rings is 1. The second-order valence-corrected chi connectivity index (χ2v) is 9.54. The van der Waals surface area contributed by atoms with Gasteiger partial charge in [-0.25, -0.2) is 0 Å². The van der Waals surface area contributed by atoms with Crippen molar-refractivity contribution in [3.63, 3.8) is 0 Å². The van der Waals surface area contributed by atoms with Crippen molar-refractivity contribution in [1.82, 2.24) is 9.80 Å². The van der Waals surface area contributed by atoms with E-state index in [9.17, 15) is 9.59 Å². The van der Waals surface area contributed by atoms with Crippen LogP contribution in [0.1, 0.15) is 40.0 Å². The number of carbonyl (C=O) groups excluding carboxylic acids is 2. The summed E-state index contributed by atoms with van der Waals surface area (Å²) in [5.74, 6) is 1.57. The van der Waals surface area contributed by atoms with E-state index in [2.05, 4.69) is 24.8 Å². The Morgan fingerprint density at radius 2 is 1.59 bits per heavy atom. The summed E-state index contributed by atoms with van der Waals surface area (Å²) in [7, 11) is 0. The van der Waals surface area contributed by atoms with Crippen molar-refractivity contribution in [1.29, 1.82) is 0 Å². The summed E-state index contributed by atoms with van der Waals surface area (Å²) in [6, 6.07) is 7.85. The lowest BCUT2D eigenvalue weighted by Crippen LogP contribution is -2.49. The van der Waals surface area contributed by atoms with Crippen molar-refractivity contribution < 1.29 is 9.59 Å². The minimum atomic E-state index is 0.0773. The zero-order valence-corrected chi connectivity index (χ0v) is 18.7. The van der Waals surface area contributed by atoms with E-state index in [-0.39, 0.29) is 17.7 Å². The Labute approximate surface area is 180 Å². The van der Waals surface area contributed by atoms with Crippen LogP contribution in [0.2, 0.25) is 5.02 Å². The number of likely N-dealkylation sites (tertiary alicyclic amines) is 1. The number of anilines is 1. The SMILES string of the molecule is C[C@@H]1C[C@H](C)CN(C(=O)C[C@@H](C)CC(=O)N2CCN(c3cccc(Cl)c3)CC2)C1. The summed E-state index contributed by atoms with van der Waals surface area (Å²) in [6.07, 6.45) is 2.11. The molecule has 0 aromatic heterocycles. The molecule has 0 N–H and O–H groups in total. The van der Waals surface area contributed by atoms with Crippen LogP contribution in [0.25, 0.3) is 0 Å². The third-order valence-corrected chi connectivity index (χ3v) is 6.31. The monoisotopic (exact) mass is 419 g/mol. The minimum Gasteiger partial charge on any atom is -0.368 e. The highest BCUT2D eigenvalue weighted by atomic mass is 35.5. The van der Waals surface area contributed by atoms with Crippen LogP contribution in [0.15, 0.2) is 24.3 Å². The fourth-order valence-corrected chi connectivity index (χ4v) is 4.86. The number of nitrogens with zero attached hydrogens (tertiary/aromatic N) is 3. The molecule has 0 unspecified atom stereocenters. The van der Waals surface area contributed by atoms with Crippen LogP contribution in [0.3, 0.4) is 0 Å². The lowest BCUT2D eigenvalue weighted by atomic mass is 9.91. The molecular weight excluding hydrogens is 386 g/mol. The Morgan fingerprint density at radius 1 is 1.00 bits per heavy atom. The van der Waals surface area contributed by atoms with Gasteiger partial charge in [0.05, 0.1) is 0 Å². The van der Waals surface area contributed by atoms with Gasteiger partial charge < -0.3 is 14.7 Å². The first-order chi connectivity index (χ1) is 13.8. The van der Waals surface area contributed by atoms with Crippen LogP contribution in [0.5, 0.6) is 0 Å². The molecule has 0 radical (unpaired) electrons. The molecule has 160 valence electrons. The third-order valence-electron chi connectivity index (χ3n) is 6.07. The van der Waals surface area contributed by atoms with E-state index in [0.29, 0.717) is 37.8 Å². The number of rotatable bonds is 5. The van der Waals surface area contributed by atoms with Crippen LogP contribution in [-0.2, 0) is 9.59 Å². The number of carbonyl (C=O) groups is 2. The van der Waals surface area contributed by atoms with Gasteiger partial charge >= 0.3 is 0 Å². The van der Waals surface area contributed by atoms with Crippen LogP contribution < -0.4 is 4.90 Å². The molecule has 2 saturated heterocycles. The van der Waals surface area contributed by atoms with Crippen molar-refractivity contribution in [3.8, 4) is 0 Å². The third kappa shape index (κ3) is 6.11. The Morgan fingerprint density at radius 3 is 2.17 bits per heavy atom. The molecule has 2 aliphatic rings. The molecule has 3 rings (SSSR count). The van der Waals surface area contributed by atoms with Crippen LogP contribution in [0.4, 0.5) is 5.69 Å². The van der Waals surface area contributed by atoms with Gasteiger partial charge in [-0.2, -0.15) is 0 Å². The molecule has 0 bridgehead atoms. The Hall–Kier alpha value is -1.75. The second-order valence-electron chi connectivity index (χ2n) is 9.11. The summed E-state index contributed by atoms with van der Waals surface area (Å²) in [6.45, 7) is 11.2. The number of benzene rings is 1. The first kappa shape index (κ1) is 21.9. The largest absolute Gasteiger partial charge is 0.368 e. The van der Waals surface area contributed by atoms with Gasteiger partial charge in [0.25, 0.3) is 0 Å². The highest BCUT2D eigenvalue weighted by Gasteiger charge is 2.28. The van der Waals surface area contributed by atoms with E-state index in [1.54, 1.807) is 0 Å². The topological polar surface area (TPSA) is 43.9 Å². The van der Waals surface area contributed by atoms with Gasteiger partial charge in [0, 0.05) is 62.8 Å². The van der Waals surface area contributed by atoms with Gasteiger partial charge in [0.15, 0.2) is 0 Å². The molecule has 1 aromatic carbocycles. The Kier molecular flexibility index (Phi) is 7.44. The maximum atomic E-state index is 12.7. The summed E-state index contributed by atoms with van der Waals surface area (Å²) in [5, 5.41) is 0.733. The molecule has 0 spiro atoms. The van der Waals surface area contributed by atoms with Crippen molar-refractivity contribution in [2.24, 2.45) is 17.8 Å². The highest BCUT2D eigenvalue weighted by molar-refractivity contribution is 6.30. The fraction of sp³-hybridized carbons (Fsp3) is 0.652. The van der Waals surface area contributed by atoms with Crippen LogP contribution >= 0.6 is 11.6 Å². The molecule has 5 nitrogen and oxygen atoms in total. The second kappa shape index (κ2) is 9.84. The van der Waals surface area contributed by atoms with Gasteiger partial charge in [0.1, 0.15) is 0 Å². The fourth-order valence-electron chi connectivity index (χ4n) is 4.68. The van der Waals surface area contributed by atoms with E-state index in [1.807, 2.05) is 34.9 Å². The molecule has 29 heavy (non-hydrogen) atoms. The quantitative estimate of drug-likeness (QED) is 0.726. The van der Waals surface area contributed by atoms with E-state index in [1.165, 1.54) is 6.42 Å². The van der Waals surface area contributed by atoms with Crippen molar-refractivity contribution in [3.05, 3.63) is 29.3 Å². The van der Waals surface area contributed by atoms with E-state index >= 15 is 0 Å². The zero-order valence-electron chi connectivity index (χ0n) is 17.9. The zero-order chi connectivity index (χ0) is 21.0. The van der Waals surface area contributed by atoms with Gasteiger partial charge in [-0.05, 0) is 42.4 Å². The summed E-state index contributed by atoms with van der Waals surface area (Å²) < 4.78 is 0. The molecule has 2 heterocycles. The molecule has 1 aromatic rings. The maximum absolute atomic E-state index is 12.7. The summed E-state index contributed by atoms with van der Waals surface area (Å²) in [4.78, 5) is 31.6. The Bertz CT molecular complexity index is 708. The molecule has 0 saturated carbocycles. The average Bonchev–Trinajstić information content (AvgIpc) is 2.67. The van der Waals surface area contributed by atoms with E-state index in [0.717, 1.165) is 36.9 Å². The highest BCUT2D eigenvalue weighted by Crippen LogP contribution is 2.24. The first-order valence-corrected chi connectivity index (χ1v) is 11.3. The maximum Gasteiger partial charge on any atom is 0.222 e. The number of halogens is 1. The predicted molar refractivity (Wildman–Crippen MR) is 118 cm³/mol. The number of amides is 2. The van der Waals surface area contributed by atoms with E-state index in [4.69, 9.17) is 11.6 Å². The van der Waals surface area contributed by atoms with E-state index < -0.39 is 0 Å². The van der Waals surface area contributed by atoms with Gasteiger partial charge in [0.2, 0.25) is 11.8 Å². The lowest BCUT2D eigenvalue weighted by molar-refractivity contribution is -0.136. The lowest BCUT2D eigenvalue weighted by Gasteiger charge is -2.37. The predicted octanol–water partition coefficient (Wildman–Crippen LogP) is 3.91. The number of hydrogen-bond acceptors (Lipinski definition) is 3. The molecule has 3 atom stereocenters. The number of piperidine rings is 1.